The molecule has 0 fully saturated rings. The predicted octanol–water partition coefficient (Wildman–Crippen LogP) is 5.20. The summed E-state index contributed by atoms with van der Waals surface area (Å²) in [5.74, 6) is -1.32. The number of ether oxygens (including phenoxy) is 1. The summed E-state index contributed by atoms with van der Waals surface area (Å²) in [6.45, 7) is 2.66. The first-order valence-corrected chi connectivity index (χ1v) is 6.42. The van der Waals surface area contributed by atoms with Crippen molar-refractivity contribution in [2.75, 3.05) is 0 Å². The molecule has 18 heavy (non-hydrogen) atoms. The summed E-state index contributed by atoms with van der Waals surface area (Å²) in [6, 6.07) is 0. The normalized spacial score (nSPS) is 11.5. The second-order valence-corrected chi connectivity index (χ2v) is 5.71. The van der Waals surface area contributed by atoms with Crippen molar-refractivity contribution in [1.29, 1.82) is 0 Å². The van der Waals surface area contributed by atoms with Crippen LogP contribution < -0.4 is 4.74 Å². The van der Waals surface area contributed by atoms with Crippen LogP contribution in [0.4, 0.5) is 0 Å². The van der Waals surface area contributed by atoms with E-state index in [0.29, 0.717) is 0 Å². The molecule has 0 saturated heterocycles. The molecule has 0 atom stereocenters. The van der Waals surface area contributed by atoms with Crippen LogP contribution in [0, 0.1) is 0 Å². The van der Waals surface area contributed by atoms with Crippen LogP contribution in [0.2, 0.25) is 25.1 Å². The van der Waals surface area contributed by atoms with Crippen molar-refractivity contribution in [3.05, 3.63) is 25.1 Å². The molecule has 0 heterocycles. The van der Waals surface area contributed by atoms with Crippen molar-refractivity contribution < 1.29 is 14.6 Å². The van der Waals surface area contributed by atoms with E-state index in [1.54, 1.807) is 0 Å². The largest absolute Gasteiger partial charge is 0.478 e. The van der Waals surface area contributed by atoms with E-state index in [9.17, 15) is 4.79 Å². The molecule has 1 rings (SSSR count). The number of carbonyl (C=O) groups is 1. The molecule has 0 radical (unpaired) electrons. The lowest BCUT2D eigenvalue weighted by atomic mass is 10.1. The van der Waals surface area contributed by atoms with Gasteiger partial charge in [0.15, 0.2) is 11.4 Å². The minimum Gasteiger partial charge on any atom is -0.478 e. The predicted molar refractivity (Wildman–Crippen MR) is 73.8 cm³/mol. The minimum absolute atomic E-state index is 0.0196. The maximum atomic E-state index is 11.0. The maximum absolute atomic E-state index is 11.0. The van der Waals surface area contributed by atoms with Crippen molar-refractivity contribution in [3.8, 4) is 5.75 Å². The number of carboxylic acids is 1. The van der Waals surface area contributed by atoms with E-state index < -0.39 is 11.6 Å². The van der Waals surface area contributed by atoms with Gasteiger partial charge in [-0.15, -0.1) is 0 Å². The SMILES string of the molecule is CC(C)(Oc1c(Cl)c(Cl)c(Cl)c(Cl)c1Cl)C(=O)O. The summed E-state index contributed by atoms with van der Waals surface area (Å²) < 4.78 is 5.25. The van der Waals surface area contributed by atoms with E-state index in [-0.39, 0.29) is 30.9 Å². The third-order valence-electron chi connectivity index (χ3n) is 2.04. The van der Waals surface area contributed by atoms with Gasteiger partial charge in [-0.3, -0.25) is 0 Å². The maximum Gasteiger partial charge on any atom is 0.347 e. The Morgan fingerprint density at radius 3 is 1.61 bits per heavy atom. The fraction of sp³-hybridized carbons (Fsp3) is 0.300. The fourth-order valence-corrected chi connectivity index (χ4v) is 2.17. The van der Waals surface area contributed by atoms with Crippen molar-refractivity contribution in [2.24, 2.45) is 0 Å². The highest BCUT2D eigenvalue weighted by atomic mass is 35.5. The third kappa shape index (κ3) is 2.91. The summed E-state index contributed by atoms with van der Waals surface area (Å²) in [6.07, 6.45) is 0. The molecule has 100 valence electrons. The fourth-order valence-electron chi connectivity index (χ4n) is 0.973. The van der Waals surface area contributed by atoms with Crippen LogP contribution in [-0.2, 0) is 4.79 Å². The molecule has 3 nitrogen and oxygen atoms in total. The topological polar surface area (TPSA) is 46.5 Å². The first-order chi connectivity index (χ1) is 8.09. The number of hydrogen-bond acceptors (Lipinski definition) is 2. The number of hydrogen-bond donors (Lipinski definition) is 1. The van der Waals surface area contributed by atoms with Gasteiger partial charge in [-0.1, -0.05) is 58.0 Å². The highest BCUT2D eigenvalue weighted by molar-refractivity contribution is 6.55. The number of rotatable bonds is 3. The van der Waals surface area contributed by atoms with Gasteiger partial charge in [0.05, 0.1) is 15.1 Å². The standard InChI is InChI=1S/C10H7Cl5O3/c1-10(2,9(16)17)18-8-6(14)4(12)3(11)5(13)7(8)15/h1-2H3,(H,16,17). The minimum atomic E-state index is -1.55. The summed E-state index contributed by atoms with van der Waals surface area (Å²) in [5.41, 5.74) is -1.55. The lowest BCUT2D eigenvalue weighted by molar-refractivity contribution is -0.152. The number of aliphatic carboxylic acids is 1. The van der Waals surface area contributed by atoms with E-state index in [1.807, 2.05) is 0 Å². The molecule has 0 aliphatic heterocycles. The number of benzene rings is 1. The lowest BCUT2D eigenvalue weighted by Crippen LogP contribution is -2.38. The zero-order valence-electron chi connectivity index (χ0n) is 9.15. The third-order valence-corrected chi connectivity index (χ3v) is 4.28. The second kappa shape index (κ2) is 5.51. The average Bonchev–Trinajstić information content (AvgIpc) is 2.29. The first-order valence-electron chi connectivity index (χ1n) is 4.53. The molecule has 0 saturated carbocycles. The monoisotopic (exact) mass is 350 g/mol. The van der Waals surface area contributed by atoms with Gasteiger partial charge in [0, 0.05) is 0 Å². The van der Waals surface area contributed by atoms with Crippen LogP contribution >= 0.6 is 58.0 Å². The summed E-state index contributed by atoms with van der Waals surface area (Å²) >= 11 is 29.3. The van der Waals surface area contributed by atoms with Crippen LogP contribution in [0.25, 0.3) is 0 Å². The molecule has 0 aromatic heterocycles. The Kier molecular flexibility index (Phi) is 4.90. The number of halogens is 5. The highest BCUT2D eigenvalue weighted by Crippen LogP contribution is 2.49. The first kappa shape index (κ1) is 16.0. The lowest BCUT2D eigenvalue weighted by Gasteiger charge is -2.24. The molecule has 0 amide bonds. The van der Waals surface area contributed by atoms with E-state index in [1.165, 1.54) is 13.8 Å². The number of carboxylic acid groups (broad SMARTS) is 1. The van der Waals surface area contributed by atoms with Crippen molar-refractivity contribution in [3.63, 3.8) is 0 Å². The van der Waals surface area contributed by atoms with Gasteiger partial charge in [-0.05, 0) is 13.8 Å². The van der Waals surface area contributed by atoms with Gasteiger partial charge in [0.25, 0.3) is 0 Å². The van der Waals surface area contributed by atoms with Crippen molar-refractivity contribution >= 4 is 64.0 Å². The van der Waals surface area contributed by atoms with Gasteiger partial charge in [0.1, 0.15) is 10.0 Å². The van der Waals surface area contributed by atoms with Crippen LogP contribution in [-0.4, -0.2) is 16.7 Å². The molecular weight excluding hydrogens is 345 g/mol. The quantitative estimate of drug-likeness (QED) is 0.601. The molecular formula is C10H7Cl5O3. The van der Waals surface area contributed by atoms with Gasteiger partial charge in [-0.2, -0.15) is 0 Å². The summed E-state index contributed by atoms with van der Waals surface area (Å²) in [5, 5.41) is 8.67. The molecule has 1 aromatic rings. The Morgan fingerprint density at radius 2 is 1.28 bits per heavy atom. The Balaban J connectivity index is 3.39. The van der Waals surface area contributed by atoms with E-state index in [0.717, 1.165) is 0 Å². The zero-order valence-corrected chi connectivity index (χ0v) is 12.9. The highest BCUT2D eigenvalue weighted by Gasteiger charge is 2.33. The van der Waals surface area contributed by atoms with E-state index in [4.69, 9.17) is 67.8 Å². The molecule has 0 unspecified atom stereocenters. The molecule has 0 spiro atoms. The van der Waals surface area contributed by atoms with Gasteiger partial charge < -0.3 is 9.84 Å². The molecule has 0 aliphatic rings. The van der Waals surface area contributed by atoms with E-state index in [2.05, 4.69) is 0 Å². The molecule has 8 heteroatoms. The van der Waals surface area contributed by atoms with Crippen LogP contribution in [0.5, 0.6) is 5.75 Å². The van der Waals surface area contributed by atoms with Crippen LogP contribution in [0.15, 0.2) is 0 Å². The van der Waals surface area contributed by atoms with Gasteiger partial charge in [0.2, 0.25) is 0 Å². The molecule has 1 aromatic carbocycles. The molecule has 0 aliphatic carbocycles. The van der Waals surface area contributed by atoms with Crippen molar-refractivity contribution in [1.82, 2.24) is 0 Å². The molecule has 0 bridgehead atoms. The van der Waals surface area contributed by atoms with Crippen LogP contribution in [0.1, 0.15) is 13.8 Å². The van der Waals surface area contributed by atoms with E-state index >= 15 is 0 Å². The van der Waals surface area contributed by atoms with Gasteiger partial charge >= 0.3 is 5.97 Å². The Labute approximate surface area is 128 Å². The Morgan fingerprint density at radius 1 is 0.944 bits per heavy atom. The summed E-state index contributed by atoms with van der Waals surface area (Å²) in [7, 11) is 0. The smallest absolute Gasteiger partial charge is 0.347 e. The Hall–Kier alpha value is -0.0600. The molecule has 1 N–H and O–H groups in total. The Bertz CT molecular complexity index is 484. The van der Waals surface area contributed by atoms with Gasteiger partial charge in [-0.25, -0.2) is 4.79 Å². The van der Waals surface area contributed by atoms with Crippen LogP contribution in [0.3, 0.4) is 0 Å². The zero-order chi connectivity index (χ0) is 14.2. The second-order valence-electron chi connectivity index (χ2n) is 3.82. The summed E-state index contributed by atoms with van der Waals surface area (Å²) in [4.78, 5) is 11.0. The average molecular weight is 352 g/mol. The van der Waals surface area contributed by atoms with Crippen molar-refractivity contribution in [2.45, 2.75) is 19.4 Å².